The second kappa shape index (κ2) is 6.33. The summed E-state index contributed by atoms with van der Waals surface area (Å²) in [5.41, 5.74) is 1.71. The Morgan fingerprint density at radius 2 is 1.96 bits per heavy atom. The summed E-state index contributed by atoms with van der Waals surface area (Å²) in [5, 5.41) is 4.92. The van der Waals surface area contributed by atoms with Crippen molar-refractivity contribution in [2.45, 2.75) is 25.4 Å². The van der Waals surface area contributed by atoms with Crippen molar-refractivity contribution in [1.82, 2.24) is 14.8 Å². The number of anilines is 1. The zero-order chi connectivity index (χ0) is 17.4. The van der Waals surface area contributed by atoms with Gasteiger partial charge in [-0.3, -0.25) is 9.69 Å². The average Bonchev–Trinajstić information content (AvgIpc) is 3.10. The summed E-state index contributed by atoms with van der Waals surface area (Å²) < 4.78 is 1.83. The van der Waals surface area contributed by atoms with Crippen LogP contribution in [0, 0.1) is 0 Å². The van der Waals surface area contributed by atoms with E-state index >= 15 is 0 Å². The molecular formula is C19H17ClN4O. The van der Waals surface area contributed by atoms with Gasteiger partial charge in [-0.15, -0.1) is 0 Å². The molecule has 1 aliphatic rings. The Balaban J connectivity index is 1.74. The molecule has 5 nitrogen and oxygen atoms in total. The van der Waals surface area contributed by atoms with Gasteiger partial charge in [0.2, 0.25) is 5.95 Å². The fourth-order valence-electron chi connectivity index (χ4n) is 3.37. The number of hydrogen-bond donors (Lipinski definition) is 0. The number of fused-ring (bicyclic) bond motifs is 1. The second-order valence-electron chi connectivity index (χ2n) is 6.20. The molecule has 4 rings (SSSR count). The Morgan fingerprint density at radius 3 is 2.72 bits per heavy atom. The van der Waals surface area contributed by atoms with E-state index in [-0.39, 0.29) is 18.0 Å². The van der Waals surface area contributed by atoms with Crippen molar-refractivity contribution in [2.75, 3.05) is 4.90 Å². The quantitative estimate of drug-likeness (QED) is 0.701. The number of benzene rings is 2. The van der Waals surface area contributed by atoms with Gasteiger partial charge in [0.15, 0.2) is 0 Å². The third kappa shape index (κ3) is 2.81. The Kier molecular flexibility index (Phi) is 4.01. The fraction of sp³-hybridized carbons (Fsp3) is 0.211. The van der Waals surface area contributed by atoms with Gasteiger partial charge in [0.1, 0.15) is 6.33 Å². The molecule has 0 fully saturated rings. The number of carbonyl (C=O) groups excluding carboxylic acids is 1. The van der Waals surface area contributed by atoms with Gasteiger partial charge < -0.3 is 0 Å². The van der Waals surface area contributed by atoms with Crippen LogP contribution in [0.4, 0.5) is 5.95 Å². The summed E-state index contributed by atoms with van der Waals surface area (Å²) in [6, 6.07) is 17.2. The molecule has 2 aromatic carbocycles. The molecule has 1 aromatic heterocycles. The molecule has 6 heteroatoms. The Morgan fingerprint density at radius 1 is 1.16 bits per heavy atom. The summed E-state index contributed by atoms with van der Waals surface area (Å²) in [6.07, 6.45) is 2.27. The second-order valence-corrected chi connectivity index (χ2v) is 6.64. The third-order valence-electron chi connectivity index (χ3n) is 4.54. The predicted molar refractivity (Wildman–Crippen MR) is 96.9 cm³/mol. The molecule has 0 bridgehead atoms. The van der Waals surface area contributed by atoms with E-state index in [0.717, 1.165) is 12.0 Å². The number of nitrogens with zero attached hydrogens (tertiary/aromatic N) is 4. The number of amides is 1. The highest BCUT2D eigenvalue weighted by molar-refractivity contribution is 6.31. The first-order chi connectivity index (χ1) is 12.1. The molecule has 0 saturated carbocycles. The molecule has 1 aliphatic heterocycles. The smallest absolute Gasteiger partial charge is 0.260 e. The van der Waals surface area contributed by atoms with Crippen LogP contribution in [0.25, 0.3) is 0 Å². The maximum absolute atomic E-state index is 13.1. The first-order valence-electron chi connectivity index (χ1n) is 8.18. The summed E-state index contributed by atoms with van der Waals surface area (Å²) in [5.74, 6) is 0.452. The lowest BCUT2D eigenvalue weighted by molar-refractivity contribution is 0.0966. The molecule has 0 unspecified atom stereocenters. The topological polar surface area (TPSA) is 51.0 Å². The number of rotatable bonds is 2. The summed E-state index contributed by atoms with van der Waals surface area (Å²) in [4.78, 5) is 19.1. The molecule has 25 heavy (non-hydrogen) atoms. The molecule has 0 saturated heterocycles. The van der Waals surface area contributed by atoms with Crippen LogP contribution in [0.1, 0.15) is 35.3 Å². The molecule has 3 aromatic rings. The van der Waals surface area contributed by atoms with Crippen LogP contribution in [-0.4, -0.2) is 26.7 Å². The number of carbonyl (C=O) groups is 1. The van der Waals surface area contributed by atoms with Gasteiger partial charge in [0, 0.05) is 16.6 Å². The molecule has 0 N–H and O–H groups in total. The zero-order valence-corrected chi connectivity index (χ0v) is 14.5. The summed E-state index contributed by atoms with van der Waals surface area (Å²) in [6.45, 7) is 2.04. The minimum atomic E-state index is -0.115. The lowest BCUT2D eigenvalue weighted by Crippen LogP contribution is -2.46. The van der Waals surface area contributed by atoms with Crippen LogP contribution in [0.2, 0.25) is 5.02 Å². The standard InChI is InChI=1S/C19H17ClN4O/c1-13-10-17(14-6-3-2-4-7-14)24-19(21-12-22-24)23(13)18(25)15-8-5-9-16(20)11-15/h2-9,11-13,17H,10H2,1H3/t13-,17-/m1/s1. The van der Waals surface area contributed by atoms with E-state index in [0.29, 0.717) is 16.5 Å². The van der Waals surface area contributed by atoms with Crippen LogP contribution in [0.5, 0.6) is 0 Å². The molecular weight excluding hydrogens is 336 g/mol. The Labute approximate surface area is 150 Å². The van der Waals surface area contributed by atoms with Crippen LogP contribution < -0.4 is 4.90 Å². The molecule has 2 atom stereocenters. The van der Waals surface area contributed by atoms with E-state index in [1.807, 2.05) is 29.8 Å². The van der Waals surface area contributed by atoms with Gasteiger partial charge in [-0.1, -0.05) is 48.0 Å². The maximum Gasteiger partial charge on any atom is 0.260 e. The predicted octanol–water partition coefficient (Wildman–Crippen LogP) is 3.96. The summed E-state index contributed by atoms with van der Waals surface area (Å²) in [7, 11) is 0. The van der Waals surface area contributed by atoms with Crippen molar-refractivity contribution in [1.29, 1.82) is 0 Å². The van der Waals surface area contributed by atoms with Gasteiger partial charge in [-0.2, -0.15) is 10.1 Å². The molecule has 2 heterocycles. The van der Waals surface area contributed by atoms with Crippen LogP contribution >= 0.6 is 11.6 Å². The minimum Gasteiger partial charge on any atom is -0.274 e. The van der Waals surface area contributed by atoms with Crippen molar-refractivity contribution >= 4 is 23.5 Å². The largest absolute Gasteiger partial charge is 0.274 e. The van der Waals surface area contributed by atoms with E-state index in [9.17, 15) is 4.79 Å². The van der Waals surface area contributed by atoms with Gasteiger partial charge >= 0.3 is 0 Å². The van der Waals surface area contributed by atoms with E-state index in [1.165, 1.54) is 6.33 Å². The monoisotopic (exact) mass is 352 g/mol. The zero-order valence-electron chi connectivity index (χ0n) is 13.7. The van der Waals surface area contributed by atoms with Gasteiger partial charge in [-0.05, 0) is 37.1 Å². The SMILES string of the molecule is C[C@@H]1C[C@H](c2ccccc2)n2ncnc2N1C(=O)c1cccc(Cl)c1. The highest BCUT2D eigenvalue weighted by Gasteiger charge is 2.36. The number of hydrogen-bond acceptors (Lipinski definition) is 3. The van der Waals surface area contributed by atoms with E-state index in [2.05, 4.69) is 22.2 Å². The van der Waals surface area contributed by atoms with Crippen LogP contribution in [0.3, 0.4) is 0 Å². The molecule has 0 spiro atoms. The number of halogens is 1. The number of aromatic nitrogens is 3. The highest BCUT2D eigenvalue weighted by atomic mass is 35.5. The average molecular weight is 353 g/mol. The first kappa shape index (κ1) is 15.8. The molecule has 0 radical (unpaired) electrons. The van der Waals surface area contributed by atoms with Gasteiger partial charge in [0.05, 0.1) is 6.04 Å². The Bertz CT molecular complexity index is 909. The molecule has 1 amide bonds. The van der Waals surface area contributed by atoms with Gasteiger partial charge in [0.25, 0.3) is 5.91 Å². The third-order valence-corrected chi connectivity index (χ3v) is 4.78. The van der Waals surface area contributed by atoms with Gasteiger partial charge in [-0.25, -0.2) is 4.68 Å². The fourth-order valence-corrected chi connectivity index (χ4v) is 3.56. The molecule has 126 valence electrons. The van der Waals surface area contributed by atoms with Crippen molar-refractivity contribution in [3.8, 4) is 0 Å². The van der Waals surface area contributed by atoms with Crippen molar-refractivity contribution in [2.24, 2.45) is 0 Å². The van der Waals surface area contributed by atoms with E-state index < -0.39 is 0 Å². The van der Waals surface area contributed by atoms with Crippen LogP contribution in [-0.2, 0) is 0 Å². The maximum atomic E-state index is 13.1. The molecule has 0 aliphatic carbocycles. The van der Waals surface area contributed by atoms with E-state index in [1.54, 1.807) is 29.2 Å². The van der Waals surface area contributed by atoms with E-state index in [4.69, 9.17) is 11.6 Å². The van der Waals surface area contributed by atoms with Crippen molar-refractivity contribution in [3.05, 3.63) is 77.1 Å². The minimum absolute atomic E-state index is 0.00612. The lowest BCUT2D eigenvalue weighted by Gasteiger charge is -2.37. The Hall–Kier alpha value is -2.66. The highest BCUT2D eigenvalue weighted by Crippen LogP contribution is 2.35. The lowest BCUT2D eigenvalue weighted by atomic mass is 9.97. The summed E-state index contributed by atoms with van der Waals surface area (Å²) >= 11 is 6.04. The van der Waals surface area contributed by atoms with Crippen LogP contribution in [0.15, 0.2) is 60.9 Å². The first-order valence-corrected chi connectivity index (χ1v) is 8.56. The van der Waals surface area contributed by atoms with Crippen molar-refractivity contribution < 1.29 is 4.79 Å². The van der Waals surface area contributed by atoms with Crippen molar-refractivity contribution in [3.63, 3.8) is 0 Å². The normalized spacial score (nSPS) is 19.5.